The van der Waals surface area contributed by atoms with Gasteiger partial charge in [0.1, 0.15) is 5.92 Å². The van der Waals surface area contributed by atoms with Crippen molar-refractivity contribution in [3.63, 3.8) is 0 Å². The zero-order valence-corrected chi connectivity index (χ0v) is 17.8. The van der Waals surface area contributed by atoms with E-state index in [4.69, 9.17) is 4.74 Å². The molecule has 0 aromatic heterocycles. The molecule has 1 aliphatic carbocycles. The Morgan fingerprint density at radius 2 is 1.90 bits per heavy atom. The monoisotopic (exact) mass is 431 g/mol. The number of halogens is 1. The summed E-state index contributed by atoms with van der Waals surface area (Å²) < 4.78 is 19.5. The summed E-state index contributed by atoms with van der Waals surface area (Å²) in [6, 6.07) is 4.35. The fraction of sp³-hybridized carbons (Fsp3) is 0.522. The molecular formula is C23H30FN3O4. The van der Waals surface area contributed by atoms with Crippen LogP contribution in [0.5, 0.6) is 5.75 Å². The second-order valence-corrected chi connectivity index (χ2v) is 8.18. The van der Waals surface area contributed by atoms with Crippen LogP contribution in [0.25, 0.3) is 0 Å². The van der Waals surface area contributed by atoms with E-state index in [-0.39, 0.29) is 18.3 Å². The van der Waals surface area contributed by atoms with E-state index >= 15 is 0 Å². The third kappa shape index (κ3) is 7.17. The number of unbranched alkanes of at least 4 members (excludes halogenated alkanes) is 2. The Bertz CT molecular complexity index is 818. The minimum absolute atomic E-state index is 0.0884. The molecule has 1 saturated carbocycles. The van der Waals surface area contributed by atoms with Crippen LogP contribution < -0.4 is 20.7 Å². The van der Waals surface area contributed by atoms with Gasteiger partial charge in [-0.3, -0.25) is 20.2 Å². The molecule has 1 aromatic rings. The summed E-state index contributed by atoms with van der Waals surface area (Å²) in [4.78, 5) is 34.3. The number of hydrogen-bond acceptors (Lipinski definition) is 5. The topological polar surface area (TPSA) is 96.5 Å². The van der Waals surface area contributed by atoms with Gasteiger partial charge in [-0.2, -0.15) is 0 Å². The fourth-order valence-corrected chi connectivity index (χ4v) is 3.33. The predicted octanol–water partition coefficient (Wildman–Crippen LogP) is 3.36. The maximum absolute atomic E-state index is 13.9. The van der Waals surface area contributed by atoms with Gasteiger partial charge < -0.3 is 10.1 Å². The average molecular weight is 432 g/mol. The largest absolute Gasteiger partial charge is 0.490 e. The zero-order chi connectivity index (χ0) is 22.2. The Morgan fingerprint density at radius 3 is 2.61 bits per heavy atom. The molecule has 2 fully saturated rings. The number of amides is 4. The quantitative estimate of drug-likeness (QED) is 0.268. The number of urea groups is 1. The molecule has 0 radical (unpaired) electrons. The van der Waals surface area contributed by atoms with Gasteiger partial charge in [-0.05, 0) is 75.6 Å². The van der Waals surface area contributed by atoms with Gasteiger partial charge in [0, 0.05) is 6.04 Å². The molecule has 4 amide bonds. The molecule has 31 heavy (non-hydrogen) atoms. The molecule has 1 aromatic carbocycles. The lowest BCUT2D eigenvalue weighted by molar-refractivity contribution is -0.135. The highest BCUT2D eigenvalue weighted by molar-refractivity contribution is 6.16. The molecule has 168 valence electrons. The van der Waals surface area contributed by atoms with Gasteiger partial charge in [-0.15, -0.1) is 0 Å². The number of carbonyl (C=O) groups is 3. The number of rotatable bonds is 12. The van der Waals surface area contributed by atoms with Crippen LogP contribution in [0.2, 0.25) is 0 Å². The van der Waals surface area contributed by atoms with Gasteiger partial charge in [0.2, 0.25) is 11.8 Å². The van der Waals surface area contributed by atoms with Gasteiger partial charge in [0.15, 0.2) is 11.6 Å². The summed E-state index contributed by atoms with van der Waals surface area (Å²) in [6.07, 6.45) is 9.11. The minimum Gasteiger partial charge on any atom is -0.490 e. The summed E-state index contributed by atoms with van der Waals surface area (Å²) in [5.74, 6) is -1.39. The summed E-state index contributed by atoms with van der Waals surface area (Å²) in [5.41, 5.74) is 0.995. The minimum atomic E-state index is -0.856. The molecule has 2 aliphatic rings. The van der Waals surface area contributed by atoms with Crippen molar-refractivity contribution in [2.24, 2.45) is 11.8 Å². The van der Waals surface area contributed by atoms with Crippen molar-refractivity contribution in [2.75, 3.05) is 13.2 Å². The van der Waals surface area contributed by atoms with Crippen LogP contribution in [0, 0.1) is 17.7 Å². The third-order valence-electron chi connectivity index (χ3n) is 5.52. The lowest BCUT2D eigenvalue weighted by Gasteiger charge is -2.19. The summed E-state index contributed by atoms with van der Waals surface area (Å²) >= 11 is 0. The van der Waals surface area contributed by atoms with Gasteiger partial charge in [-0.1, -0.05) is 18.2 Å². The average Bonchev–Trinajstić information content (AvgIpc) is 3.55. The molecule has 1 aliphatic heterocycles. The Morgan fingerprint density at radius 1 is 1.16 bits per heavy atom. The Labute approximate surface area is 181 Å². The Balaban J connectivity index is 1.31. The van der Waals surface area contributed by atoms with Gasteiger partial charge in [0.05, 0.1) is 6.61 Å². The van der Waals surface area contributed by atoms with E-state index in [1.807, 2.05) is 13.0 Å². The van der Waals surface area contributed by atoms with Gasteiger partial charge in [0.25, 0.3) is 0 Å². The second-order valence-electron chi connectivity index (χ2n) is 8.18. The molecule has 8 heteroatoms. The lowest BCUT2D eigenvalue weighted by Crippen LogP contribution is -2.55. The molecule has 0 bridgehead atoms. The van der Waals surface area contributed by atoms with Crippen molar-refractivity contribution in [1.82, 2.24) is 16.0 Å². The van der Waals surface area contributed by atoms with Crippen molar-refractivity contribution >= 4 is 17.8 Å². The SMILES string of the molecule is C[C@@H](NCCCC/C=C/CC1C(=O)NC(=O)NC1=O)c1ccc(F)c(OCC2CC2)c1. The standard InChI is InChI=1S/C23H30FN3O4/c1-15(17-10-11-19(24)20(13-17)31-14-16-8-9-16)25-12-6-4-2-3-5-7-18-21(28)26-23(30)27-22(18)29/h3,5,10-11,13,15-16,18,25H,2,4,6-9,12,14H2,1H3,(H2,26,27,28,29,30)/b5-3+/t15-/m1/s1. The molecular weight excluding hydrogens is 401 g/mol. The van der Waals surface area contributed by atoms with E-state index in [9.17, 15) is 18.8 Å². The third-order valence-corrected chi connectivity index (χ3v) is 5.52. The van der Waals surface area contributed by atoms with Crippen molar-refractivity contribution in [3.05, 3.63) is 41.7 Å². The van der Waals surface area contributed by atoms with Gasteiger partial charge in [-0.25, -0.2) is 9.18 Å². The zero-order valence-electron chi connectivity index (χ0n) is 17.8. The fourth-order valence-electron chi connectivity index (χ4n) is 3.33. The predicted molar refractivity (Wildman–Crippen MR) is 114 cm³/mol. The molecule has 3 rings (SSSR count). The molecule has 7 nitrogen and oxygen atoms in total. The van der Waals surface area contributed by atoms with Crippen LogP contribution in [-0.4, -0.2) is 31.0 Å². The first-order valence-electron chi connectivity index (χ1n) is 10.9. The van der Waals surface area contributed by atoms with Crippen molar-refractivity contribution < 1.29 is 23.5 Å². The van der Waals surface area contributed by atoms with Crippen LogP contribution in [0.15, 0.2) is 30.4 Å². The molecule has 1 heterocycles. The summed E-state index contributed by atoms with van der Waals surface area (Å²) in [7, 11) is 0. The normalized spacial score (nSPS) is 18.2. The van der Waals surface area contributed by atoms with Crippen LogP contribution in [0.4, 0.5) is 9.18 Å². The highest BCUT2D eigenvalue weighted by atomic mass is 19.1. The highest BCUT2D eigenvalue weighted by Gasteiger charge is 2.32. The first-order chi connectivity index (χ1) is 14.9. The smallest absolute Gasteiger partial charge is 0.328 e. The molecule has 0 spiro atoms. The molecule has 0 unspecified atom stereocenters. The lowest BCUT2D eigenvalue weighted by atomic mass is 10.0. The van der Waals surface area contributed by atoms with Crippen LogP contribution in [0.3, 0.4) is 0 Å². The summed E-state index contributed by atoms with van der Waals surface area (Å²) in [5, 5.41) is 7.63. The van der Waals surface area contributed by atoms with Crippen molar-refractivity contribution in [3.8, 4) is 5.75 Å². The number of hydrogen-bond donors (Lipinski definition) is 3. The second kappa shape index (κ2) is 11.0. The van der Waals surface area contributed by atoms with Gasteiger partial charge >= 0.3 is 6.03 Å². The number of nitrogens with one attached hydrogen (secondary N) is 3. The van der Waals surface area contributed by atoms with Crippen molar-refractivity contribution in [2.45, 2.75) is 51.5 Å². The highest BCUT2D eigenvalue weighted by Crippen LogP contribution is 2.31. The molecule has 1 saturated heterocycles. The number of benzene rings is 1. The van der Waals surface area contributed by atoms with E-state index in [1.54, 1.807) is 18.2 Å². The van der Waals surface area contributed by atoms with E-state index in [2.05, 4.69) is 16.0 Å². The molecule has 3 N–H and O–H groups in total. The van der Waals surface area contributed by atoms with Crippen LogP contribution in [0.1, 0.15) is 57.1 Å². The van der Waals surface area contributed by atoms with E-state index < -0.39 is 23.8 Å². The number of allylic oxidation sites excluding steroid dienone is 2. The number of ether oxygens (including phenoxy) is 1. The number of carbonyl (C=O) groups excluding carboxylic acids is 3. The number of imide groups is 2. The first-order valence-corrected chi connectivity index (χ1v) is 10.9. The van der Waals surface area contributed by atoms with Crippen LogP contribution >= 0.6 is 0 Å². The maximum atomic E-state index is 13.9. The first kappa shape index (κ1) is 22.9. The maximum Gasteiger partial charge on any atom is 0.328 e. The molecule has 1 atom stereocenters. The van der Waals surface area contributed by atoms with E-state index in [0.717, 1.165) is 31.4 Å². The van der Waals surface area contributed by atoms with E-state index in [0.29, 0.717) is 18.3 Å². The Hall–Kier alpha value is -2.74. The number of barbiturate groups is 1. The summed E-state index contributed by atoms with van der Waals surface area (Å²) in [6.45, 7) is 3.45. The Kier molecular flexibility index (Phi) is 8.17. The van der Waals surface area contributed by atoms with Crippen LogP contribution in [-0.2, 0) is 9.59 Å². The van der Waals surface area contributed by atoms with E-state index in [1.165, 1.54) is 18.9 Å². The van der Waals surface area contributed by atoms with Crippen molar-refractivity contribution in [1.29, 1.82) is 0 Å².